The number of amides is 4. The van der Waals surface area contributed by atoms with Crippen LogP contribution in [0.4, 0.5) is 4.79 Å². The Bertz CT molecular complexity index is 844. The third-order valence-electron chi connectivity index (χ3n) is 5.04. The van der Waals surface area contributed by atoms with E-state index in [2.05, 4.69) is 16.0 Å². The first-order valence-corrected chi connectivity index (χ1v) is 9.76. The van der Waals surface area contributed by atoms with E-state index in [1.807, 2.05) is 30.3 Å². The van der Waals surface area contributed by atoms with Gasteiger partial charge < -0.3 is 20.9 Å². The first kappa shape index (κ1) is 20.4. The van der Waals surface area contributed by atoms with E-state index in [-0.39, 0.29) is 23.9 Å². The lowest BCUT2D eigenvalue weighted by atomic mass is 10.0. The van der Waals surface area contributed by atoms with Crippen LogP contribution >= 0.6 is 0 Å². The van der Waals surface area contributed by atoms with E-state index >= 15 is 0 Å². The SMILES string of the molecule is CNC(=O)c1ccc(CNC(=O)N2CCC(NC(=O)c3ccccc3)CC2)cc1. The summed E-state index contributed by atoms with van der Waals surface area (Å²) in [6.45, 7) is 1.60. The van der Waals surface area contributed by atoms with Crippen molar-refractivity contribution in [2.75, 3.05) is 20.1 Å². The van der Waals surface area contributed by atoms with Crippen LogP contribution in [0, 0.1) is 0 Å². The second kappa shape index (κ2) is 9.73. The molecule has 0 atom stereocenters. The zero-order valence-corrected chi connectivity index (χ0v) is 16.5. The van der Waals surface area contributed by atoms with Gasteiger partial charge in [0.2, 0.25) is 0 Å². The van der Waals surface area contributed by atoms with Gasteiger partial charge in [-0.25, -0.2) is 4.79 Å². The van der Waals surface area contributed by atoms with E-state index in [4.69, 9.17) is 0 Å². The number of urea groups is 1. The number of hydrogen-bond donors (Lipinski definition) is 3. The molecule has 0 saturated carbocycles. The Morgan fingerprint density at radius 3 is 2.14 bits per heavy atom. The molecule has 4 amide bonds. The zero-order valence-electron chi connectivity index (χ0n) is 16.5. The van der Waals surface area contributed by atoms with E-state index in [0.717, 1.165) is 18.4 Å². The van der Waals surface area contributed by atoms with Crippen LogP contribution in [-0.2, 0) is 6.54 Å². The molecular weight excluding hydrogens is 368 g/mol. The standard InChI is InChI=1S/C22H26N4O3/c1-23-20(27)18-9-7-16(8-10-18)15-24-22(29)26-13-11-19(12-14-26)25-21(28)17-5-3-2-4-6-17/h2-10,19H,11-15H2,1H3,(H,23,27)(H,24,29)(H,25,28). The van der Waals surface area contributed by atoms with Crippen molar-refractivity contribution in [2.45, 2.75) is 25.4 Å². The molecule has 0 spiro atoms. The van der Waals surface area contributed by atoms with Crippen molar-refractivity contribution in [1.82, 2.24) is 20.9 Å². The number of benzene rings is 2. The molecule has 0 aliphatic carbocycles. The van der Waals surface area contributed by atoms with Crippen molar-refractivity contribution >= 4 is 17.8 Å². The quantitative estimate of drug-likeness (QED) is 0.726. The first-order valence-electron chi connectivity index (χ1n) is 9.76. The minimum absolute atomic E-state index is 0.0732. The molecule has 1 aliphatic rings. The predicted molar refractivity (Wildman–Crippen MR) is 111 cm³/mol. The van der Waals surface area contributed by atoms with Gasteiger partial charge in [-0.15, -0.1) is 0 Å². The average molecular weight is 394 g/mol. The topological polar surface area (TPSA) is 90.5 Å². The summed E-state index contributed by atoms with van der Waals surface area (Å²) in [4.78, 5) is 38.0. The highest BCUT2D eigenvalue weighted by atomic mass is 16.2. The predicted octanol–water partition coefficient (Wildman–Crippen LogP) is 2.15. The van der Waals surface area contributed by atoms with E-state index in [1.54, 1.807) is 36.2 Å². The molecule has 0 radical (unpaired) electrons. The van der Waals surface area contributed by atoms with Crippen LogP contribution in [0.15, 0.2) is 54.6 Å². The summed E-state index contributed by atoms with van der Waals surface area (Å²) in [6, 6.07) is 16.2. The van der Waals surface area contributed by atoms with E-state index < -0.39 is 0 Å². The second-order valence-electron chi connectivity index (χ2n) is 7.04. The summed E-state index contributed by atoms with van der Waals surface area (Å²) < 4.78 is 0. The fourth-order valence-corrected chi connectivity index (χ4v) is 3.29. The molecule has 1 heterocycles. The van der Waals surface area contributed by atoms with Gasteiger partial charge in [0, 0.05) is 43.9 Å². The van der Waals surface area contributed by atoms with Crippen LogP contribution in [0.2, 0.25) is 0 Å². The van der Waals surface area contributed by atoms with Crippen molar-refractivity contribution in [1.29, 1.82) is 0 Å². The Kier molecular flexibility index (Phi) is 6.84. The van der Waals surface area contributed by atoms with Crippen LogP contribution in [0.1, 0.15) is 39.1 Å². The highest BCUT2D eigenvalue weighted by Gasteiger charge is 2.24. The zero-order chi connectivity index (χ0) is 20.6. The molecule has 1 saturated heterocycles. The van der Waals surface area contributed by atoms with Gasteiger partial charge in [-0.1, -0.05) is 30.3 Å². The number of piperidine rings is 1. The van der Waals surface area contributed by atoms with Crippen molar-refractivity contribution in [2.24, 2.45) is 0 Å². The van der Waals surface area contributed by atoms with Crippen molar-refractivity contribution in [3.8, 4) is 0 Å². The maximum Gasteiger partial charge on any atom is 0.317 e. The number of rotatable bonds is 5. The van der Waals surface area contributed by atoms with Crippen LogP contribution < -0.4 is 16.0 Å². The third kappa shape index (κ3) is 5.57. The molecule has 29 heavy (non-hydrogen) atoms. The normalized spacial score (nSPS) is 14.2. The number of nitrogens with zero attached hydrogens (tertiary/aromatic N) is 1. The molecule has 7 nitrogen and oxygen atoms in total. The highest BCUT2D eigenvalue weighted by molar-refractivity contribution is 5.94. The summed E-state index contributed by atoms with van der Waals surface area (Å²) in [5.74, 6) is -0.212. The van der Waals surface area contributed by atoms with Gasteiger partial charge >= 0.3 is 6.03 Å². The van der Waals surface area contributed by atoms with Gasteiger partial charge in [-0.05, 0) is 42.7 Å². The van der Waals surface area contributed by atoms with Crippen LogP contribution in [-0.4, -0.2) is 48.9 Å². The smallest absolute Gasteiger partial charge is 0.317 e. The van der Waals surface area contributed by atoms with Gasteiger partial charge in [0.05, 0.1) is 0 Å². The van der Waals surface area contributed by atoms with Crippen molar-refractivity contribution < 1.29 is 14.4 Å². The lowest BCUT2D eigenvalue weighted by Gasteiger charge is -2.32. The molecular formula is C22H26N4O3. The fourth-order valence-electron chi connectivity index (χ4n) is 3.29. The van der Waals surface area contributed by atoms with Gasteiger partial charge in [-0.2, -0.15) is 0 Å². The number of carbonyl (C=O) groups excluding carboxylic acids is 3. The molecule has 0 unspecified atom stereocenters. The maximum atomic E-state index is 12.4. The molecule has 152 valence electrons. The summed E-state index contributed by atoms with van der Waals surface area (Å²) in [6.07, 6.45) is 1.46. The summed E-state index contributed by atoms with van der Waals surface area (Å²) >= 11 is 0. The monoisotopic (exact) mass is 394 g/mol. The Hall–Kier alpha value is -3.35. The first-order chi connectivity index (χ1) is 14.1. The number of nitrogens with one attached hydrogen (secondary N) is 3. The molecule has 0 aromatic heterocycles. The molecule has 3 N–H and O–H groups in total. The fraction of sp³-hybridized carbons (Fsp3) is 0.318. The minimum atomic E-state index is -0.136. The maximum absolute atomic E-state index is 12.4. The van der Waals surface area contributed by atoms with E-state index in [1.165, 1.54) is 0 Å². The minimum Gasteiger partial charge on any atom is -0.355 e. The molecule has 1 fully saturated rings. The lowest BCUT2D eigenvalue weighted by Crippen LogP contribution is -2.49. The van der Waals surface area contributed by atoms with Crippen LogP contribution in [0.25, 0.3) is 0 Å². The molecule has 0 bridgehead atoms. The Morgan fingerprint density at radius 1 is 0.897 bits per heavy atom. The van der Waals surface area contributed by atoms with Gasteiger partial charge in [0.1, 0.15) is 0 Å². The van der Waals surface area contributed by atoms with E-state index in [9.17, 15) is 14.4 Å². The summed E-state index contributed by atoms with van der Waals surface area (Å²) in [5.41, 5.74) is 2.16. The molecule has 2 aromatic rings. The summed E-state index contributed by atoms with van der Waals surface area (Å²) in [7, 11) is 1.59. The Balaban J connectivity index is 1.42. The number of likely N-dealkylation sites (tertiary alicyclic amines) is 1. The largest absolute Gasteiger partial charge is 0.355 e. The average Bonchev–Trinajstić information content (AvgIpc) is 2.78. The third-order valence-corrected chi connectivity index (χ3v) is 5.04. The molecule has 3 rings (SSSR count). The highest BCUT2D eigenvalue weighted by Crippen LogP contribution is 2.12. The van der Waals surface area contributed by atoms with Crippen LogP contribution in [0.3, 0.4) is 0 Å². The van der Waals surface area contributed by atoms with Crippen molar-refractivity contribution in [3.05, 3.63) is 71.3 Å². The number of hydrogen-bond acceptors (Lipinski definition) is 3. The summed E-state index contributed by atoms with van der Waals surface area (Å²) in [5, 5.41) is 8.53. The Morgan fingerprint density at radius 2 is 1.52 bits per heavy atom. The molecule has 7 heteroatoms. The van der Waals surface area contributed by atoms with Crippen LogP contribution in [0.5, 0.6) is 0 Å². The Labute approximate surface area is 170 Å². The second-order valence-corrected chi connectivity index (χ2v) is 7.04. The molecule has 1 aliphatic heterocycles. The lowest BCUT2D eigenvalue weighted by molar-refractivity contribution is 0.0916. The van der Waals surface area contributed by atoms with Crippen molar-refractivity contribution in [3.63, 3.8) is 0 Å². The molecule has 2 aromatic carbocycles. The van der Waals surface area contributed by atoms with Gasteiger partial charge in [0.25, 0.3) is 11.8 Å². The van der Waals surface area contributed by atoms with Gasteiger partial charge in [0.15, 0.2) is 0 Å². The van der Waals surface area contributed by atoms with E-state index in [0.29, 0.717) is 30.8 Å². The number of carbonyl (C=O) groups is 3. The van der Waals surface area contributed by atoms with Gasteiger partial charge in [-0.3, -0.25) is 9.59 Å².